The number of ether oxygens (including phenoxy) is 1. The maximum absolute atomic E-state index is 11.9. The first-order valence-electron chi connectivity index (χ1n) is 7.70. The van der Waals surface area contributed by atoms with Crippen molar-refractivity contribution in [2.45, 2.75) is 6.92 Å². The number of hydrogen-bond donors (Lipinski definition) is 3. The Hall–Kier alpha value is -3.35. The van der Waals surface area contributed by atoms with E-state index < -0.39 is 18.5 Å². The van der Waals surface area contributed by atoms with E-state index in [1.165, 1.54) is 12.1 Å². The molecule has 0 aliphatic heterocycles. The van der Waals surface area contributed by atoms with E-state index in [2.05, 4.69) is 10.6 Å². The van der Waals surface area contributed by atoms with Gasteiger partial charge in [0.2, 0.25) is 0 Å². The van der Waals surface area contributed by atoms with Crippen molar-refractivity contribution in [2.75, 3.05) is 24.2 Å². The predicted octanol–water partition coefficient (Wildman–Crippen LogP) is 1.81. The maximum Gasteiger partial charge on any atom is 0.338 e. The van der Waals surface area contributed by atoms with Gasteiger partial charge in [-0.05, 0) is 49.4 Å². The van der Waals surface area contributed by atoms with E-state index in [9.17, 15) is 14.4 Å². The Kier molecular flexibility index (Phi) is 6.11. The highest BCUT2D eigenvalue weighted by Crippen LogP contribution is 2.11. The quantitative estimate of drug-likeness (QED) is 0.548. The van der Waals surface area contributed by atoms with Gasteiger partial charge < -0.3 is 21.1 Å². The molecule has 25 heavy (non-hydrogen) atoms. The van der Waals surface area contributed by atoms with Crippen molar-refractivity contribution in [3.05, 3.63) is 59.7 Å². The molecule has 0 aliphatic carbocycles. The summed E-state index contributed by atoms with van der Waals surface area (Å²) in [6, 6.07) is 12.7. The van der Waals surface area contributed by atoms with E-state index in [4.69, 9.17) is 10.5 Å². The Morgan fingerprint density at radius 1 is 1.04 bits per heavy atom. The highest BCUT2D eigenvalue weighted by Gasteiger charge is 2.11. The fraction of sp³-hybridized carbons (Fsp3) is 0.167. The molecule has 2 amide bonds. The van der Waals surface area contributed by atoms with Crippen LogP contribution in [-0.2, 0) is 9.53 Å². The molecule has 0 fully saturated rings. The highest BCUT2D eigenvalue weighted by atomic mass is 16.5. The molecule has 0 saturated carbocycles. The number of hydrogen-bond acceptors (Lipinski definition) is 5. The van der Waals surface area contributed by atoms with E-state index in [0.717, 1.165) is 0 Å². The number of carbonyl (C=O) groups excluding carboxylic acids is 3. The van der Waals surface area contributed by atoms with E-state index in [1.807, 2.05) is 6.92 Å². The number of amides is 2. The number of nitrogen functional groups attached to an aromatic ring is 1. The zero-order valence-electron chi connectivity index (χ0n) is 13.7. The van der Waals surface area contributed by atoms with Crippen LogP contribution in [0.2, 0.25) is 0 Å². The van der Waals surface area contributed by atoms with Gasteiger partial charge in [-0.1, -0.05) is 6.07 Å². The SMILES string of the molecule is CCNC(=O)c1cccc(NC(=O)COC(=O)c2ccc(N)cc2)c1. The number of nitrogens with two attached hydrogens (primary N) is 1. The first-order valence-corrected chi connectivity index (χ1v) is 7.70. The maximum atomic E-state index is 11.9. The van der Waals surface area contributed by atoms with Gasteiger partial charge in [-0.15, -0.1) is 0 Å². The second-order valence-corrected chi connectivity index (χ2v) is 5.19. The molecule has 7 nitrogen and oxygen atoms in total. The average Bonchev–Trinajstić information content (AvgIpc) is 2.61. The molecule has 0 heterocycles. The number of carbonyl (C=O) groups is 3. The summed E-state index contributed by atoms with van der Waals surface area (Å²) in [4.78, 5) is 35.5. The summed E-state index contributed by atoms with van der Waals surface area (Å²) < 4.78 is 4.95. The summed E-state index contributed by atoms with van der Waals surface area (Å²) >= 11 is 0. The highest BCUT2D eigenvalue weighted by molar-refractivity contribution is 5.98. The topological polar surface area (TPSA) is 111 Å². The minimum Gasteiger partial charge on any atom is -0.452 e. The van der Waals surface area contributed by atoms with E-state index in [1.54, 1.807) is 36.4 Å². The van der Waals surface area contributed by atoms with Gasteiger partial charge >= 0.3 is 5.97 Å². The molecular weight excluding hydrogens is 322 g/mol. The van der Waals surface area contributed by atoms with Crippen molar-refractivity contribution in [1.82, 2.24) is 5.32 Å². The monoisotopic (exact) mass is 341 g/mol. The molecule has 0 unspecified atom stereocenters. The van der Waals surface area contributed by atoms with Crippen LogP contribution in [0.5, 0.6) is 0 Å². The van der Waals surface area contributed by atoms with Crippen LogP contribution in [0.25, 0.3) is 0 Å². The average molecular weight is 341 g/mol. The Morgan fingerprint density at radius 3 is 2.44 bits per heavy atom. The summed E-state index contributed by atoms with van der Waals surface area (Å²) in [5.74, 6) is -1.35. The Bertz CT molecular complexity index is 772. The summed E-state index contributed by atoms with van der Waals surface area (Å²) in [5, 5.41) is 5.25. The lowest BCUT2D eigenvalue weighted by Crippen LogP contribution is -2.23. The Labute approximate surface area is 145 Å². The molecule has 0 aliphatic rings. The second kappa shape index (κ2) is 8.49. The predicted molar refractivity (Wildman–Crippen MR) is 94.2 cm³/mol. The normalized spacial score (nSPS) is 9.96. The van der Waals surface area contributed by atoms with E-state index in [-0.39, 0.29) is 5.91 Å². The first-order chi connectivity index (χ1) is 12.0. The van der Waals surface area contributed by atoms with Crippen LogP contribution >= 0.6 is 0 Å². The zero-order chi connectivity index (χ0) is 18.2. The van der Waals surface area contributed by atoms with Crippen LogP contribution < -0.4 is 16.4 Å². The first kappa shape index (κ1) is 18.0. The van der Waals surface area contributed by atoms with Gasteiger partial charge in [0.15, 0.2) is 6.61 Å². The van der Waals surface area contributed by atoms with Crippen molar-refractivity contribution in [3.8, 4) is 0 Å². The molecule has 0 atom stereocenters. The number of anilines is 2. The molecule has 0 saturated heterocycles. The van der Waals surface area contributed by atoms with Crippen molar-refractivity contribution < 1.29 is 19.1 Å². The Morgan fingerprint density at radius 2 is 1.76 bits per heavy atom. The summed E-state index contributed by atoms with van der Waals surface area (Å²) in [6.45, 7) is 1.89. The van der Waals surface area contributed by atoms with Gasteiger partial charge in [0.05, 0.1) is 5.56 Å². The third-order valence-corrected chi connectivity index (χ3v) is 3.23. The minimum absolute atomic E-state index is 0.228. The molecule has 0 aromatic heterocycles. The largest absolute Gasteiger partial charge is 0.452 e. The molecule has 2 aromatic carbocycles. The van der Waals surface area contributed by atoms with Crippen LogP contribution in [0.4, 0.5) is 11.4 Å². The second-order valence-electron chi connectivity index (χ2n) is 5.19. The third-order valence-electron chi connectivity index (χ3n) is 3.23. The standard InChI is InChI=1S/C18H19N3O4/c1-2-20-17(23)13-4-3-5-15(10-13)21-16(22)11-25-18(24)12-6-8-14(19)9-7-12/h3-10H,2,11,19H2,1H3,(H,20,23)(H,21,22). The van der Waals surface area contributed by atoms with Gasteiger partial charge in [0, 0.05) is 23.5 Å². The fourth-order valence-electron chi connectivity index (χ4n) is 2.03. The lowest BCUT2D eigenvalue weighted by Gasteiger charge is -2.08. The molecule has 0 radical (unpaired) electrons. The van der Waals surface area contributed by atoms with Crippen LogP contribution in [-0.4, -0.2) is 30.9 Å². The molecule has 130 valence electrons. The summed E-state index contributed by atoms with van der Waals surface area (Å²) in [5.41, 5.74) is 7.25. The molecule has 2 rings (SSSR count). The van der Waals surface area contributed by atoms with Crippen molar-refractivity contribution in [2.24, 2.45) is 0 Å². The van der Waals surface area contributed by atoms with Crippen LogP contribution in [0, 0.1) is 0 Å². The fourth-order valence-corrected chi connectivity index (χ4v) is 2.03. The Balaban J connectivity index is 1.90. The summed E-state index contributed by atoms with van der Waals surface area (Å²) in [6.07, 6.45) is 0. The smallest absolute Gasteiger partial charge is 0.338 e. The number of nitrogens with one attached hydrogen (secondary N) is 2. The molecule has 4 N–H and O–H groups in total. The minimum atomic E-state index is -0.619. The molecule has 0 bridgehead atoms. The molecule has 0 spiro atoms. The lowest BCUT2D eigenvalue weighted by atomic mass is 10.2. The van der Waals surface area contributed by atoms with Gasteiger partial charge in [-0.3, -0.25) is 9.59 Å². The molecule has 7 heteroatoms. The van der Waals surface area contributed by atoms with Gasteiger partial charge in [-0.25, -0.2) is 4.79 Å². The summed E-state index contributed by atoms with van der Waals surface area (Å²) in [7, 11) is 0. The lowest BCUT2D eigenvalue weighted by molar-refractivity contribution is -0.119. The van der Waals surface area contributed by atoms with Crippen molar-refractivity contribution >= 4 is 29.2 Å². The molecule has 2 aromatic rings. The number of benzene rings is 2. The van der Waals surface area contributed by atoms with Gasteiger partial charge in [0.1, 0.15) is 0 Å². The van der Waals surface area contributed by atoms with Gasteiger partial charge in [-0.2, -0.15) is 0 Å². The van der Waals surface area contributed by atoms with Crippen molar-refractivity contribution in [3.63, 3.8) is 0 Å². The zero-order valence-corrected chi connectivity index (χ0v) is 13.7. The molecular formula is C18H19N3O4. The third kappa shape index (κ3) is 5.35. The van der Waals surface area contributed by atoms with Gasteiger partial charge in [0.25, 0.3) is 11.8 Å². The van der Waals surface area contributed by atoms with Crippen LogP contribution in [0.15, 0.2) is 48.5 Å². The van der Waals surface area contributed by atoms with Crippen molar-refractivity contribution in [1.29, 1.82) is 0 Å². The van der Waals surface area contributed by atoms with Crippen LogP contribution in [0.1, 0.15) is 27.6 Å². The van der Waals surface area contributed by atoms with E-state index >= 15 is 0 Å². The number of esters is 1. The van der Waals surface area contributed by atoms with E-state index in [0.29, 0.717) is 29.0 Å². The van der Waals surface area contributed by atoms with Crippen LogP contribution in [0.3, 0.4) is 0 Å². The number of rotatable bonds is 6.